The maximum atomic E-state index is 6.43. The van der Waals surface area contributed by atoms with Gasteiger partial charge in [0.15, 0.2) is 0 Å². The number of nitrogens with zero attached hydrogens (tertiary/aromatic N) is 2. The average Bonchev–Trinajstić information content (AvgIpc) is 2.56. The quantitative estimate of drug-likeness (QED) is 0.742. The molecular weight excluding hydrogens is 296 g/mol. The summed E-state index contributed by atoms with van der Waals surface area (Å²) in [5.74, 6) is 1.03. The molecule has 1 aromatic carbocycles. The molecular formula is C21H33N2O. The van der Waals surface area contributed by atoms with Crippen molar-refractivity contribution in [1.82, 2.24) is 9.80 Å². The highest BCUT2D eigenvalue weighted by molar-refractivity contribution is 5.36. The maximum Gasteiger partial charge on any atom is 0.124 e. The van der Waals surface area contributed by atoms with Crippen molar-refractivity contribution in [2.75, 3.05) is 26.2 Å². The van der Waals surface area contributed by atoms with Crippen molar-refractivity contribution in [2.45, 2.75) is 64.1 Å². The Morgan fingerprint density at radius 3 is 2.38 bits per heavy atom. The van der Waals surface area contributed by atoms with Crippen LogP contribution in [0.3, 0.4) is 0 Å². The number of piperidine rings is 1. The van der Waals surface area contributed by atoms with Crippen LogP contribution in [0, 0.1) is 6.92 Å². The molecule has 0 N–H and O–H groups in total. The van der Waals surface area contributed by atoms with E-state index in [4.69, 9.17) is 4.74 Å². The molecule has 133 valence electrons. The summed E-state index contributed by atoms with van der Waals surface area (Å²) in [6.45, 7) is 13.2. The van der Waals surface area contributed by atoms with Crippen LogP contribution in [0.1, 0.15) is 57.6 Å². The highest BCUT2D eigenvalue weighted by Gasteiger charge is 2.29. The maximum absolute atomic E-state index is 6.43. The summed E-state index contributed by atoms with van der Waals surface area (Å²) in [5.41, 5.74) is 1.22. The minimum Gasteiger partial charge on any atom is -0.490 e. The Morgan fingerprint density at radius 2 is 1.79 bits per heavy atom. The summed E-state index contributed by atoms with van der Waals surface area (Å²) in [5, 5.41) is 0. The van der Waals surface area contributed by atoms with Crippen molar-refractivity contribution in [3.63, 3.8) is 0 Å². The zero-order chi connectivity index (χ0) is 16.9. The Bertz CT molecular complexity index is 502. The van der Waals surface area contributed by atoms with Crippen molar-refractivity contribution in [3.05, 3.63) is 36.8 Å². The van der Waals surface area contributed by atoms with Gasteiger partial charge in [0.25, 0.3) is 0 Å². The fourth-order valence-corrected chi connectivity index (χ4v) is 4.01. The molecule has 2 aliphatic rings. The van der Waals surface area contributed by atoms with E-state index in [1.54, 1.807) is 0 Å². The predicted octanol–water partition coefficient (Wildman–Crippen LogP) is 4.30. The van der Waals surface area contributed by atoms with Gasteiger partial charge in [-0.05, 0) is 51.8 Å². The zero-order valence-electron chi connectivity index (χ0n) is 15.4. The van der Waals surface area contributed by atoms with E-state index in [2.05, 4.69) is 54.8 Å². The number of rotatable bonds is 7. The number of likely N-dealkylation sites (tertiary alicyclic amines) is 1. The summed E-state index contributed by atoms with van der Waals surface area (Å²) in [4.78, 5) is 5.05. The third-order valence-electron chi connectivity index (χ3n) is 5.89. The summed E-state index contributed by atoms with van der Waals surface area (Å²) in [6, 6.07) is 9.50. The molecule has 3 heteroatoms. The first-order valence-electron chi connectivity index (χ1n) is 9.79. The van der Waals surface area contributed by atoms with Crippen molar-refractivity contribution in [2.24, 2.45) is 0 Å². The first-order valence-corrected chi connectivity index (χ1v) is 9.79. The molecule has 0 aromatic heterocycles. The Hall–Kier alpha value is -1.06. The lowest BCUT2D eigenvalue weighted by Gasteiger charge is -2.41. The molecule has 1 aromatic rings. The van der Waals surface area contributed by atoms with Crippen molar-refractivity contribution in [1.29, 1.82) is 0 Å². The van der Waals surface area contributed by atoms with Gasteiger partial charge in [0.1, 0.15) is 11.9 Å². The molecule has 2 fully saturated rings. The Morgan fingerprint density at radius 1 is 1.12 bits per heavy atom. The highest BCUT2D eigenvalue weighted by atomic mass is 16.5. The molecule has 3 rings (SSSR count). The largest absolute Gasteiger partial charge is 0.490 e. The van der Waals surface area contributed by atoms with Gasteiger partial charge in [0, 0.05) is 30.7 Å². The SMILES string of the molecule is [CH2]C(c1ccccc1OC1CCN(C2CCC2)CC1)N(CC)CC. The van der Waals surface area contributed by atoms with Crippen molar-refractivity contribution < 1.29 is 4.74 Å². The van der Waals surface area contributed by atoms with E-state index in [9.17, 15) is 0 Å². The van der Waals surface area contributed by atoms with Crippen LogP contribution in [-0.2, 0) is 0 Å². The summed E-state index contributed by atoms with van der Waals surface area (Å²) in [6.07, 6.45) is 6.88. The molecule has 1 aliphatic carbocycles. The van der Waals surface area contributed by atoms with Crippen molar-refractivity contribution in [3.8, 4) is 5.75 Å². The normalized spacial score (nSPS) is 21.7. The average molecular weight is 330 g/mol. The summed E-state index contributed by atoms with van der Waals surface area (Å²) < 4.78 is 6.43. The molecule has 3 nitrogen and oxygen atoms in total. The monoisotopic (exact) mass is 329 g/mol. The van der Waals surface area contributed by atoms with Gasteiger partial charge in [0.2, 0.25) is 0 Å². The van der Waals surface area contributed by atoms with E-state index in [1.165, 1.54) is 37.9 Å². The van der Waals surface area contributed by atoms with E-state index in [1.807, 2.05) is 0 Å². The second-order valence-electron chi connectivity index (χ2n) is 7.21. The molecule has 1 heterocycles. The smallest absolute Gasteiger partial charge is 0.124 e. The van der Waals surface area contributed by atoms with Crippen LogP contribution >= 0.6 is 0 Å². The third kappa shape index (κ3) is 3.94. The van der Waals surface area contributed by atoms with Crippen molar-refractivity contribution >= 4 is 0 Å². The first-order chi connectivity index (χ1) is 11.7. The van der Waals surface area contributed by atoms with Crippen LogP contribution in [0.2, 0.25) is 0 Å². The number of hydrogen-bond acceptors (Lipinski definition) is 3. The second kappa shape index (κ2) is 8.35. The van der Waals surface area contributed by atoms with Gasteiger partial charge in [-0.15, -0.1) is 0 Å². The lowest BCUT2D eigenvalue weighted by molar-refractivity contribution is 0.0484. The Labute approximate surface area is 148 Å². The van der Waals surface area contributed by atoms with Crippen LogP contribution < -0.4 is 4.74 Å². The molecule has 0 spiro atoms. The third-order valence-corrected chi connectivity index (χ3v) is 5.89. The number of para-hydroxylation sites is 1. The fraction of sp³-hybridized carbons (Fsp3) is 0.667. The predicted molar refractivity (Wildman–Crippen MR) is 100 cm³/mol. The Kier molecular flexibility index (Phi) is 6.18. The van der Waals surface area contributed by atoms with Crippen LogP contribution in [-0.4, -0.2) is 48.1 Å². The number of benzene rings is 1. The van der Waals surface area contributed by atoms with Gasteiger partial charge in [0.05, 0.1) is 0 Å². The molecule has 24 heavy (non-hydrogen) atoms. The Balaban J connectivity index is 1.61. The van der Waals surface area contributed by atoms with E-state index < -0.39 is 0 Å². The molecule has 1 saturated heterocycles. The van der Waals surface area contributed by atoms with Gasteiger partial charge in [-0.25, -0.2) is 0 Å². The molecule has 1 saturated carbocycles. The van der Waals surface area contributed by atoms with E-state index in [-0.39, 0.29) is 6.04 Å². The minimum atomic E-state index is 0.159. The summed E-state index contributed by atoms with van der Waals surface area (Å²) >= 11 is 0. The molecule has 1 atom stereocenters. The lowest BCUT2D eigenvalue weighted by Crippen LogP contribution is -2.46. The van der Waals surface area contributed by atoms with Gasteiger partial charge in [-0.3, -0.25) is 4.90 Å². The first kappa shape index (κ1) is 17.8. The summed E-state index contributed by atoms with van der Waals surface area (Å²) in [7, 11) is 0. The fourth-order valence-electron chi connectivity index (χ4n) is 4.01. The van der Waals surface area contributed by atoms with Crippen LogP contribution in [0.4, 0.5) is 0 Å². The highest BCUT2D eigenvalue weighted by Crippen LogP contribution is 2.32. The molecule has 1 unspecified atom stereocenters. The standard InChI is InChI=1S/C21H33N2O/c1-4-22(5-2)17(3)20-11-6-7-12-21(20)24-19-13-15-23(16-14-19)18-9-8-10-18/h6-7,11-12,17-19H,3-5,8-10,13-16H2,1-2H3. The number of hydrogen-bond donors (Lipinski definition) is 0. The van der Waals surface area contributed by atoms with Gasteiger partial charge in [-0.2, -0.15) is 0 Å². The number of ether oxygens (including phenoxy) is 1. The lowest BCUT2D eigenvalue weighted by atomic mass is 9.89. The van der Waals surface area contributed by atoms with Crippen LogP contribution in [0.5, 0.6) is 5.75 Å². The van der Waals surface area contributed by atoms with Crippen LogP contribution in [0.25, 0.3) is 0 Å². The molecule has 0 amide bonds. The van der Waals surface area contributed by atoms with E-state index in [0.29, 0.717) is 6.10 Å². The van der Waals surface area contributed by atoms with Gasteiger partial charge < -0.3 is 9.64 Å². The molecule has 0 bridgehead atoms. The van der Waals surface area contributed by atoms with Gasteiger partial charge in [-0.1, -0.05) is 38.5 Å². The molecule has 1 radical (unpaired) electrons. The molecule has 1 aliphatic heterocycles. The van der Waals surface area contributed by atoms with E-state index in [0.717, 1.165) is 37.7 Å². The van der Waals surface area contributed by atoms with Gasteiger partial charge >= 0.3 is 0 Å². The second-order valence-corrected chi connectivity index (χ2v) is 7.21. The minimum absolute atomic E-state index is 0.159. The van der Waals surface area contributed by atoms with E-state index >= 15 is 0 Å². The van der Waals surface area contributed by atoms with Crippen LogP contribution in [0.15, 0.2) is 24.3 Å². The topological polar surface area (TPSA) is 15.7 Å². The zero-order valence-corrected chi connectivity index (χ0v) is 15.4.